The monoisotopic (exact) mass is 1810 g/mol. The normalized spacial score (nSPS) is 22.4. The minimum atomic E-state index is -1.70. The zero-order chi connectivity index (χ0) is 95.0. The molecule has 12 atom stereocenters. The average molecular weight is 1810 g/mol. The lowest BCUT2D eigenvalue weighted by molar-refractivity contribution is -0.151. The summed E-state index contributed by atoms with van der Waals surface area (Å²) in [7, 11) is 6.62. The molecule has 0 bridgehead atoms. The van der Waals surface area contributed by atoms with Crippen LogP contribution in [0.3, 0.4) is 0 Å². The summed E-state index contributed by atoms with van der Waals surface area (Å²) >= 11 is 0.839. The molecule has 8 rings (SSSR count). The number of hydrogen-bond donors (Lipinski definition) is 14. The number of phenolic OH excluding ortho intramolecular Hbond substituents is 1. The van der Waals surface area contributed by atoms with Crippen LogP contribution in [-0.4, -0.2) is 274 Å². The molecule has 12 unspecified atom stereocenters. The second-order valence-electron chi connectivity index (χ2n) is 33.4. The number of anilines is 1. The van der Waals surface area contributed by atoms with Crippen molar-refractivity contribution in [2.75, 3.05) is 72.1 Å². The predicted octanol–water partition coefficient (Wildman–Crippen LogP) is 2.24. The van der Waals surface area contributed by atoms with Crippen molar-refractivity contribution in [2.45, 2.75) is 178 Å². The summed E-state index contributed by atoms with van der Waals surface area (Å²) in [6, 6.07) is 27.1. The average Bonchev–Trinajstić information content (AvgIpc) is 1.11. The number of nitrogen functional groups attached to an aromatic ring is 1. The third kappa shape index (κ3) is 30.3. The van der Waals surface area contributed by atoms with Crippen molar-refractivity contribution in [3.05, 3.63) is 203 Å². The number of nitrogens with one attached hydrogen (secondary N) is 10. The minimum Gasteiger partial charge on any atom is -0.508 e. The Labute approximate surface area is 760 Å². The maximum Gasteiger partial charge on any atom is 0.305 e. The second kappa shape index (κ2) is 49.7. The van der Waals surface area contributed by atoms with Crippen molar-refractivity contribution in [1.82, 2.24) is 77.3 Å². The number of H-pyrrole nitrogens is 1. The van der Waals surface area contributed by atoms with E-state index in [4.69, 9.17) is 11.5 Å². The van der Waals surface area contributed by atoms with Crippen LogP contribution in [0.4, 0.5) is 5.69 Å². The first-order valence-corrected chi connectivity index (χ1v) is 44.3. The number of unbranched alkanes of at least 4 members (excludes halogenated alkanes) is 1. The molecule has 14 amide bonds. The zero-order valence-corrected chi connectivity index (χ0v) is 75.7. The number of aliphatic carboxylic acids is 1. The summed E-state index contributed by atoms with van der Waals surface area (Å²) in [4.78, 5) is 243. The van der Waals surface area contributed by atoms with Gasteiger partial charge in [-0.25, -0.2) is 0 Å². The Hall–Kier alpha value is -13.5. The Kier molecular flexibility index (Phi) is 39.0. The summed E-state index contributed by atoms with van der Waals surface area (Å²) in [6.07, 6.45) is 0.746. The topological polar surface area (TPSA) is 506 Å². The van der Waals surface area contributed by atoms with Gasteiger partial charge in [0, 0.05) is 109 Å². The Balaban J connectivity index is 1.22. The highest BCUT2D eigenvalue weighted by molar-refractivity contribution is 8.00. The molecule has 130 heavy (non-hydrogen) atoms. The lowest BCUT2D eigenvalue weighted by Gasteiger charge is -2.38. The van der Waals surface area contributed by atoms with E-state index in [1.165, 1.54) is 69.3 Å². The Bertz CT molecular complexity index is 5070. The number of likely N-dealkylation sites (N-methyl/N-ethyl adjacent to an activating group) is 5. The number of nitrogens with two attached hydrogens (primary N) is 2. The molecule has 0 saturated carbocycles. The number of carboxylic acid groups (broad SMARTS) is 1. The molecule has 0 spiro atoms. The van der Waals surface area contributed by atoms with Crippen LogP contribution >= 0.6 is 11.8 Å². The number of nitrogens with zero attached hydrogens (tertiary/aromatic N) is 5. The number of fused-ring (bicyclic) bond motifs is 1. The van der Waals surface area contributed by atoms with Crippen LogP contribution in [0, 0.1) is 11.8 Å². The highest BCUT2D eigenvalue weighted by Gasteiger charge is 2.43. The maximum atomic E-state index is 15.6. The smallest absolute Gasteiger partial charge is 0.305 e. The van der Waals surface area contributed by atoms with E-state index >= 15 is 38.4 Å². The quantitative estimate of drug-likeness (QED) is 0.0305. The van der Waals surface area contributed by atoms with Gasteiger partial charge in [-0.15, -0.1) is 11.8 Å². The zero-order valence-electron chi connectivity index (χ0n) is 74.9. The number of carboxylic acids is 1. The van der Waals surface area contributed by atoms with E-state index < -0.39 is 199 Å². The third-order valence-corrected chi connectivity index (χ3v) is 23.6. The molecule has 35 nitrogen and oxygen atoms in total. The number of hydrogen-bond acceptors (Lipinski definition) is 20. The second-order valence-corrected chi connectivity index (χ2v) is 34.5. The Morgan fingerprint density at radius 1 is 0.515 bits per heavy atom. The number of aldehydes is 1. The van der Waals surface area contributed by atoms with E-state index in [0.29, 0.717) is 69.1 Å². The van der Waals surface area contributed by atoms with Crippen molar-refractivity contribution in [3.63, 3.8) is 0 Å². The number of benzene rings is 6. The SMILES string of the molecule is CCCCC1C(=O)N(C)C(C=O)CNC(CC(=O)O)C(=O)NC(C(C)C)C(=O)N(C)C(Cc2ccccc2)C(=O)NC(Cc2ccc(O)cc2)C(=O)N(C)CC(=O)NC(Cc2c[nH]c3ccccc23)C(=O)NC(Cc2ccc(N)cc2)C(=O)NC(CC(C)C)C(=O)NC(C(=O)NCC(N)=O)CSCC(=O)NC(Cc2ccccc2)C(=O)N(C)C(Cc2ccccc2)C(=O)N1C. The fourth-order valence-electron chi connectivity index (χ4n) is 15.2. The first kappa shape index (κ1) is 102. The van der Waals surface area contributed by atoms with E-state index in [1.807, 2.05) is 6.92 Å². The molecule has 0 radical (unpaired) electrons. The predicted molar refractivity (Wildman–Crippen MR) is 490 cm³/mol. The van der Waals surface area contributed by atoms with Crippen molar-refractivity contribution in [3.8, 4) is 5.75 Å². The number of aromatic nitrogens is 1. The van der Waals surface area contributed by atoms with Gasteiger partial charge in [-0.05, 0) is 88.4 Å². The standard InChI is InChI=1S/C94H121N17O18S/c1-11-12-32-76-92(127)108(7)65(53-112)50-98-69(48-82(117)118)85(120)106-83(57(4)5)94(129)110(9)77(45-59-26-18-14-19-27-59)89(124)104-73(44-62-35-39-66(113)40-36-62)90(125)107(6)52-80(115)100-72(47-63-49-97-68-31-23-22-30-67(63)68)88(123)103-71(42-61-33-37-64(95)38-34-61)87(122)102-70(41-56(2)3)86(121)105-75(84(119)99-51-79(96)114)54-130-55-81(116)101-74(43-58-24-16-13-17-25-58)91(126)111(10)78(93(128)109(76)8)46-60-28-20-15-21-29-60/h13-31,33-40,49,53,56-57,65,69-78,83,97-98,113H,11-12,32,41-48,50-52,54-55,95H2,1-10H3,(H2,96,114)(H,99,119)(H,100,115)(H,101,116)(H,102,122)(H,103,123)(H,104,124)(H,105,121)(H,106,120)(H,117,118). The molecule has 6 aromatic carbocycles. The Morgan fingerprint density at radius 2 is 1.00 bits per heavy atom. The molecule has 1 aromatic heterocycles. The molecule has 1 aliphatic heterocycles. The highest BCUT2D eigenvalue weighted by Crippen LogP contribution is 2.25. The first-order valence-electron chi connectivity index (χ1n) is 43.2. The maximum absolute atomic E-state index is 15.6. The molecule has 36 heteroatoms. The number of rotatable bonds is 24. The summed E-state index contributed by atoms with van der Waals surface area (Å²) in [5, 5.41) is 46.0. The number of aromatic amines is 1. The summed E-state index contributed by atoms with van der Waals surface area (Å²) in [5.41, 5.74) is 15.8. The number of para-hydroxylation sites is 1. The van der Waals surface area contributed by atoms with E-state index in [2.05, 4.69) is 52.8 Å². The van der Waals surface area contributed by atoms with Crippen LogP contribution in [0.2, 0.25) is 0 Å². The molecule has 7 aromatic rings. The number of carbonyl (C=O) groups is 16. The molecule has 1 saturated heterocycles. The number of primary amides is 1. The van der Waals surface area contributed by atoms with Gasteiger partial charge in [0.1, 0.15) is 72.5 Å². The Morgan fingerprint density at radius 3 is 1.57 bits per heavy atom. The number of aromatic hydroxyl groups is 1. The van der Waals surface area contributed by atoms with Crippen LogP contribution in [0.1, 0.15) is 100 Å². The fourth-order valence-corrected chi connectivity index (χ4v) is 16.0. The van der Waals surface area contributed by atoms with Crippen molar-refractivity contribution >= 4 is 123 Å². The van der Waals surface area contributed by atoms with Crippen LogP contribution < -0.4 is 59.3 Å². The van der Waals surface area contributed by atoms with Crippen molar-refractivity contribution < 1.29 is 86.9 Å². The van der Waals surface area contributed by atoms with E-state index in [-0.39, 0.29) is 68.8 Å². The van der Waals surface area contributed by atoms with Gasteiger partial charge < -0.3 is 104 Å². The largest absolute Gasteiger partial charge is 0.508 e. The van der Waals surface area contributed by atoms with Crippen molar-refractivity contribution in [1.29, 1.82) is 0 Å². The summed E-state index contributed by atoms with van der Waals surface area (Å²) in [6.45, 7) is 6.54. The molecule has 2 heterocycles. The van der Waals surface area contributed by atoms with Gasteiger partial charge in [0.15, 0.2) is 0 Å². The van der Waals surface area contributed by atoms with E-state index in [9.17, 15) is 48.6 Å². The molecule has 0 aliphatic carbocycles. The molecular formula is C94H121N17O18S. The van der Waals surface area contributed by atoms with Gasteiger partial charge >= 0.3 is 5.97 Å². The van der Waals surface area contributed by atoms with E-state index in [0.717, 1.165) is 26.5 Å². The molecule has 16 N–H and O–H groups in total. The van der Waals surface area contributed by atoms with Crippen LogP contribution in [0.5, 0.6) is 5.75 Å². The fraction of sp³-hybridized carbons (Fsp3) is 0.426. The number of carbonyl (C=O) groups excluding carboxylic acids is 15. The van der Waals surface area contributed by atoms with Crippen LogP contribution in [0.15, 0.2) is 170 Å². The third-order valence-electron chi connectivity index (χ3n) is 22.6. The summed E-state index contributed by atoms with van der Waals surface area (Å²) < 4.78 is 0. The minimum absolute atomic E-state index is 0.0303. The van der Waals surface area contributed by atoms with Crippen LogP contribution in [0.25, 0.3) is 10.9 Å². The van der Waals surface area contributed by atoms with Gasteiger partial charge in [0.25, 0.3) is 0 Å². The molecular weight excluding hydrogens is 1690 g/mol. The van der Waals surface area contributed by atoms with Gasteiger partial charge in [-0.3, -0.25) is 71.9 Å². The number of amides is 14. The lowest BCUT2D eigenvalue weighted by atomic mass is 9.98. The van der Waals surface area contributed by atoms with Gasteiger partial charge in [-0.2, -0.15) is 0 Å². The van der Waals surface area contributed by atoms with Gasteiger partial charge in [0.05, 0.1) is 37.3 Å². The van der Waals surface area contributed by atoms with Gasteiger partial charge in [-0.1, -0.05) is 181 Å². The molecule has 696 valence electrons. The van der Waals surface area contributed by atoms with Crippen molar-refractivity contribution in [2.24, 2.45) is 17.6 Å². The first-order chi connectivity index (χ1) is 61.9. The van der Waals surface area contributed by atoms with Crippen LogP contribution in [-0.2, 0) is 115 Å². The number of thioether (sulfide) groups is 1. The number of phenols is 1. The van der Waals surface area contributed by atoms with E-state index in [1.54, 1.807) is 173 Å². The molecule has 1 fully saturated rings. The van der Waals surface area contributed by atoms with Gasteiger partial charge in [0.2, 0.25) is 82.7 Å². The lowest BCUT2D eigenvalue weighted by Crippen LogP contribution is -2.61. The molecule has 1 aliphatic rings. The summed E-state index contributed by atoms with van der Waals surface area (Å²) in [5.74, 6) is -15.8. The highest BCUT2D eigenvalue weighted by atomic mass is 32.2.